The van der Waals surface area contributed by atoms with E-state index in [4.69, 9.17) is 16.7 Å². The summed E-state index contributed by atoms with van der Waals surface area (Å²) >= 11 is 6.03. The summed E-state index contributed by atoms with van der Waals surface area (Å²) in [4.78, 5) is 27.3. The lowest BCUT2D eigenvalue weighted by Gasteiger charge is -2.22. The van der Waals surface area contributed by atoms with Gasteiger partial charge in [-0.25, -0.2) is 13.9 Å². The minimum absolute atomic E-state index is 0.169. The van der Waals surface area contributed by atoms with E-state index in [1.807, 2.05) is 45.9 Å². The van der Waals surface area contributed by atoms with Gasteiger partial charge in [-0.3, -0.25) is 4.79 Å². The van der Waals surface area contributed by atoms with E-state index >= 15 is 0 Å². The van der Waals surface area contributed by atoms with Crippen LogP contribution in [0.3, 0.4) is 0 Å². The Kier molecular flexibility index (Phi) is 8.51. The summed E-state index contributed by atoms with van der Waals surface area (Å²) in [5.74, 6) is -0.333. The molecule has 0 radical (unpaired) electrons. The number of carbonyl (C=O) groups excluding carboxylic acids is 2. The third kappa shape index (κ3) is 7.29. The first kappa shape index (κ1) is 26.2. The van der Waals surface area contributed by atoms with Gasteiger partial charge in [-0.1, -0.05) is 51.8 Å². The van der Waals surface area contributed by atoms with Crippen molar-refractivity contribution in [2.24, 2.45) is 0 Å². The highest BCUT2D eigenvalue weighted by Gasteiger charge is 2.23. The summed E-state index contributed by atoms with van der Waals surface area (Å²) in [6, 6.07) is 14.1. The van der Waals surface area contributed by atoms with Gasteiger partial charge in [0, 0.05) is 28.7 Å². The van der Waals surface area contributed by atoms with Gasteiger partial charge in [0.2, 0.25) is 5.91 Å². The first-order valence-electron chi connectivity index (χ1n) is 11.5. The maximum absolute atomic E-state index is 13.5. The topological polar surface area (TPSA) is 79.3 Å². The Bertz CT molecular complexity index is 1170. The van der Waals surface area contributed by atoms with Gasteiger partial charge in [-0.05, 0) is 48.9 Å². The van der Waals surface area contributed by atoms with Crippen LogP contribution >= 0.6 is 11.6 Å². The Balaban J connectivity index is 1.80. The highest BCUT2D eigenvalue weighted by molar-refractivity contribution is 6.30. The molecule has 7 nitrogen and oxygen atoms in total. The zero-order chi connectivity index (χ0) is 25.6. The van der Waals surface area contributed by atoms with Crippen molar-refractivity contribution in [2.45, 2.75) is 46.0 Å². The lowest BCUT2D eigenvalue weighted by atomic mass is 9.92. The number of amides is 3. The summed E-state index contributed by atoms with van der Waals surface area (Å²) in [6.45, 7) is 8.33. The average Bonchev–Trinajstić information content (AvgIpc) is 3.21. The summed E-state index contributed by atoms with van der Waals surface area (Å²) in [7, 11) is 0. The van der Waals surface area contributed by atoms with Gasteiger partial charge in [-0.2, -0.15) is 5.10 Å². The van der Waals surface area contributed by atoms with E-state index in [1.54, 1.807) is 22.9 Å². The van der Waals surface area contributed by atoms with Crippen LogP contribution < -0.4 is 10.6 Å². The van der Waals surface area contributed by atoms with E-state index in [9.17, 15) is 14.0 Å². The molecule has 0 unspecified atom stereocenters. The molecule has 3 amide bonds. The standard InChI is InChI=1S/C26H31ClFN5O2/c1-5-6-14-32(25(35)29-20-9-7-8-19(28)15-20)17-24(34)30-23-16-22(26(2,3)4)31-33(23)21-12-10-18(27)11-13-21/h7-13,15-16H,5-6,14,17H2,1-4H3,(H,29,35)(H,30,34). The molecule has 9 heteroatoms. The highest BCUT2D eigenvalue weighted by Crippen LogP contribution is 2.27. The quantitative estimate of drug-likeness (QED) is 0.385. The molecule has 0 aliphatic rings. The van der Waals surface area contributed by atoms with Gasteiger partial charge >= 0.3 is 6.03 Å². The minimum atomic E-state index is -0.471. The number of carbonyl (C=O) groups is 2. The fourth-order valence-corrected chi connectivity index (χ4v) is 3.47. The van der Waals surface area contributed by atoms with Crippen LogP contribution in [0.15, 0.2) is 54.6 Å². The highest BCUT2D eigenvalue weighted by atomic mass is 35.5. The molecular weight excluding hydrogens is 469 g/mol. The predicted molar refractivity (Wildman–Crippen MR) is 138 cm³/mol. The van der Waals surface area contributed by atoms with E-state index in [0.717, 1.165) is 24.2 Å². The van der Waals surface area contributed by atoms with Crippen LogP contribution in [0.1, 0.15) is 46.2 Å². The van der Waals surface area contributed by atoms with E-state index in [1.165, 1.54) is 23.1 Å². The Hall–Kier alpha value is -3.39. The predicted octanol–water partition coefficient (Wildman–Crippen LogP) is 6.24. The molecule has 0 saturated heterocycles. The third-order valence-electron chi connectivity index (χ3n) is 5.30. The number of hydrogen-bond donors (Lipinski definition) is 2. The monoisotopic (exact) mass is 499 g/mol. The van der Waals surface area contributed by atoms with Gasteiger partial charge in [0.25, 0.3) is 0 Å². The van der Waals surface area contributed by atoms with Crippen LogP contribution in [-0.2, 0) is 10.2 Å². The molecule has 186 valence electrons. The molecular formula is C26H31ClFN5O2. The number of aromatic nitrogens is 2. The molecule has 0 aliphatic carbocycles. The van der Waals surface area contributed by atoms with Crippen LogP contribution in [0.5, 0.6) is 0 Å². The number of halogens is 2. The number of urea groups is 1. The van der Waals surface area contributed by atoms with Crippen LogP contribution in [0.25, 0.3) is 5.69 Å². The fourth-order valence-electron chi connectivity index (χ4n) is 3.34. The molecule has 2 aromatic carbocycles. The number of nitrogens with one attached hydrogen (secondary N) is 2. The molecule has 1 aromatic heterocycles. The SMILES string of the molecule is CCCCN(CC(=O)Nc1cc(C(C)(C)C)nn1-c1ccc(Cl)cc1)C(=O)Nc1cccc(F)c1. The molecule has 1 heterocycles. The van der Waals surface area contributed by atoms with Gasteiger partial charge < -0.3 is 15.5 Å². The van der Waals surface area contributed by atoms with Gasteiger partial charge in [0.1, 0.15) is 18.2 Å². The summed E-state index contributed by atoms with van der Waals surface area (Å²) in [5.41, 5.74) is 1.63. The largest absolute Gasteiger partial charge is 0.322 e. The molecule has 2 N–H and O–H groups in total. The van der Waals surface area contributed by atoms with Crippen molar-refractivity contribution in [3.05, 3.63) is 71.1 Å². The molecule has 35 heavy (non-hydrogen) atoms. The lowest BCUT2D eigenvalue weighted by Crippen LogP contribution is -2.41. The van der Waals surface area contributed by atoms with Gasteiger partial charge in [-0.15, -0.1) is 0 Å². The average molecular weight is 500 g/mol. The van der Waals surface area contributed by atoms with E-state index in [0.29, 0.717) is 23.1 Å². The molecule has 0 bridgehead atoms. The van der Waals surface area contributed by atoms with Crippen molar-refractivity contribution in [1.82, 2.24) is 14.7 Å². The molecule has 0 spiro atoms. The Morgan fingerprint density at radius 2 is 1.80 bits per heavy atom. The number of hydrogen-bond acceptors (Lipinski definition) is 3. The van der Waals surface area contributed by atoms with Crippen molar-refractivity contribution in [1.29, 1.82) is 0 Å². The van der Waals surface area contributed by atoms with E-state index < -0.39 is 11.8 Å². The summed E-state index contributed by atoms with van der Waals surface area (Å²) in [5, 5.41) is 10.9. The molecule has 0 aliphatic heterocycles. The number of benzene rings is 2. The second-order valence-electron chi connectivity index (χ2n) is 9.32. The molecule has 0 fully saturated rings. The van der Waals surface area contributed by atoms with Gasteiger partial charge in [0.05, 0.1) is 11.4 Å². The van der Waals surface area contributed by atoms with Crippen molar-refractivity contribution in [3.63, 3.8) is 0 Å². The van der Waals surface area contributed by atoms with E-state index in [2.05, 4.69) is 10.6 Å². The first-order valence-corrected chi connectivity index (χ1v) is 11.9. The number of anilines is 2. The zero-order valence-electron chi connectivity index (χ0n) is 20.4. The number of nitrogens with zero attached hydrogens (tertiary/aromatic N) is 3. The van der Waals surface area contributed by atoms with Crippen LogP contribution in [0.4, 0.5) is 20.7 Å². The molecule has 0 saturated carbocycles. The number of rotatable bonds is 8. The van der Waals surface area contributed by atoms with Crippen molar-refractivity contribution < 1.29 is 14.0 Å². The lowest BCUT2D eigenvalue weighted by molar-refractivity contribution is -0.116. The summed E-state index contributed by atoms with van der Waals surface area (Å²) in [6.07, 6.45) is 1.57. The molecule has 3 rings (SSSR count). The maximum atomic E-state index is 13.5. The second-order valence-corrected chi connectivity index (χ2v) is 9.75. The Morgan fingerprint density at radius 3 is 2.43 bits per heavy atom. The molecule has 0 atom stereocenters. The maximum Gasteiger partial charge on any atom is 0.322 e. The summed E-state index contributed by atoms with van der Waals surface area (Å²) < 4.78 is 15.2. The Morgan fingerprint density at radius 1 is 1.09 bits per heavy atom. The smallest absolute Gasteiger partial charge is 0.315 e. The first-order chi connectivity index (χ1) is 16.6. The Labute approximate surface area is 210 Å². The van der Waals surface area contributed by atoms with Crippen molar-refractivity contribution in [2.75, 3.05) is 23.7 Å². The van der Waals surface area contributed by atoms with Gasteiger partial charge in [0.15, 0.2) is 0 Å². The van der Waals surface area contributed by atoms with Crippen LogP contribution in [0, 0.1) is 5.82 Å². The zero-order valence-corrected chi connectivity index (χ0v) is 21.2. The minimum Gasteiger partial charge on any atom is -0.315 e. The number of unbranched alkanes of at least 4 members (excludes halogenated alkanes) is 1. The normalized spacial score (nSPS) is 11.3. The van der Waals surface area contributed by atoms with Crippen molar-refractivity contribution in [3.8, 4) is 5.69 Å². The van der Waals surface area contributed by atoms with Crippen LogP contribution in [-0.4, -0.2) is 39.7 Å². The van der Waals surface area contributed by atoms with E-state index in [-0.39, 0.29) is 17.9 Å². The molecule has 3 aromatic rings. The fraction of sp³-hybridized carbons (Fsp3) is 0.346. The van der Waals surface area contributed by atoms with Crippen molar-refractivity contribution >= 4 is 35.0 Å². The second kappa shape index (κ2) is 11.4. The third-order valence-corrected chi connectivity index (χ3v) is 5.55. The van der Waals surface area contributed by atoms with Crippen LogP contribution in [0.2, 0.25) is 5.02 Å².